The number of halogens is 2. The third-order valence-corrected chi connectivity index (χ3v) is 5.25. The Morgan fingerprint density at radius 2 is 2.08 bits per heavy atom. The van der Waals surface area contributed by atoms with Crippen LogP contribution in [0.4, 0.5) is 14.5 Å². The van der Waals surface area contributed by atoms with E-state index in [4.69, 9.17) is 4.74 Å². The molecule has 0 amide bonds. The molecule has 1 saturated carbocycles. The molecule has 1 aliphatic carbocycles. The minimum absolute atomic E-state index is 0.318. The summed E-state index contributed by atoms with van der Waals surface area (Å²) in [6, 6.07) is 3.07. The highest BCUT2D eigenvalue weighted by Crippen LogP contribution is 2.38. The van der Waals surface area contributed by atoms with Crippen LogP contribution in [0, 0.1) is 5.92 Å². The molecule has 142 valence electrons. The van der Waals surface area contributed by atoms with Gasteiger partial charge in [-0.2, -0.15) is 0 Å². The Labute approximate surface area is 150 Å². The number of aromatic nitrogens is 1. The lowest BCUT2D eigenvalue weighted by Crippen LogP contribution is -2.56. The van der Waals surface area contributed by atoms with Crippen LogP contribution in [0.25, 0.3) is 0 Å². The second-order valence-corrected chi connectivity index (χ2v) is 7.56. The van der Waals surface area contributed by atoms with Crippen molar-refractivity contribution in [2.75, 3.05) is 31.1 Å². The summed E-state index contributed by atoms with van der Waals surface area (Å²) in [4.78, 5) is 19.4. The van der Waals surface area contributed by atoms with Gasteiger partial charge in [-0.1, -0.05) is 0 Å². The average molecular weight is 367 g/mol. The van der Waals surface area contributed by atoms with Crippen LogP contribution in [0.1, 0.15) is 31.4 Å². The van der Waals surface area contributed by atoms with Crippen molar-refractivity contribution < 1.29 is 23.4 Å². The number of alkyl halides is 2. The van der Waals surface area contributed by atoms with Crippen molar-refractivity contribution in [3.63, 3.8) is 0 Å². The van der Waals surface area contributed by atoms with Crippen LogP contribution in [0.5, 0.6) is 5.88 Å². The van der Waals surface area contributed by atoms with Gasteiger partial charge in [0.05, 0.1) is 25.4 Å². The number of nitrogens with zero attached hydrogens (tertiary/aromatic N) is 3. The van der Waals surface area contributed by atoms with E-state index in [1.54, 1.807) is 17.0 Å². The van der Waals surface area contributed by atoms with Crippen LogP contribution in [0.15, 0.2) is 12.1 Å². The van der Waals surface area contributed by atoms with E-state index in [1.807, 2.05) is 4.90 Å². The molecule has 2 aliphatic heterocycles. The van der Waals surface area contributed by atoms with Crippen LogP contribution in [-0.4, -0.2) is 59.2 Å². The lowest BCUT2D eigenvalue weighted by atomic mass is 10.1. The standard InChI is InChI=1S/C18H23F2N3O3/c19-18(20)10-23(11-18)14-6-5-13(21-16(14)26-9-12-3-4-12)8-22-7-1-2-15(22)17(24)25/h5-6,12,15H,1-4,7-11H2,(H,24,25). The average Bonchev–Trinajstić information content (AvgIpc) is 3.28. The van der Waals surface area contributed by atoms with E-state index in [2.05, 4.69) is 4.98 Å². The summed E-state index contributed by atoms with van der Waals surface area (Å²) < 4.78 is 32.3. The largest absolute Gasteiger partial charge is 0.480 e. The number of aliphatic carboxylic acids is 1. The third-order valence-electron chi connectivity index (χ3n) is 5.25. The molecule has 1 unspecified atom stereocenters. The molecule has 3 aliphatic rings. The van der Waals surface area contributed by atoms with Crippen molar-refractivity contribution in [1.82, 2.24) is 9.88 Å². The molecular formula is C18H23F2N3O3. The van der Waals surface area contributed by atoms with E-state index in [0.29, 0.717) is 42.8 Å². The number of hydrogen-bond acceptors (Lipinski definition) is 5. The summed E-state index contributed by atoms with van der Waals surface area (Å²) in [5.74, 6) is -2.55. The summed E-state index contributed by atoms with van der Waals surface area (Å²) in [6.07, 6.45) is 3.75. The van der Waals surface area contributed by atoms with Gasteiger partial charge in [-0.3, -0.25) is 9.69 Å². The quantitative estimate of drug-likeness (QED) is 0.798. The van der Waals surface area contributed by atoms with Gasteiger partial charge in [-0.15, -0.1) is 0 Å². The van der Waals surface area contributed by atoms with E-state index < -0.39 is 17.9 Å². The van der Waals surface area contributed by atoms with Gasteiger partial charge >= 0.3 is 5.97 Å². The van der Waals surface area contributed by atoms with E-state index in [9.17, 15) is 18.7 Å². The summed E-state index contributed by atoms with van der Waals surface area (Å²) in [7, 11) is 0. The zero-order valence-electron chi connectivity index (χ0n) is 14.5. The van der Waals surface area contributed by atoms with Crippen molar-refractivity contribution in [1.29, 1.82) is 0 Å². The molecule has 0 spiro atoms. The Balaban J connectivity index is 1.50. The fourth-order valence-corrected chi connectivity index (χ4v) is 3.57. The predicted octanol–water partition coefficient (Wildman–Crippen LogP) is 2.37. The third kappa shape index (κ3) is 3.75. The maximum Gasteiger partial charge on any atom is 0.320 e. The first kappa shape index (κ1) is 17.5. The Kier molecular flexibility index (Phi) is 4.46. The first-order valence-electron chi connectivity index (χ1n) is 9.14. The second-order valence-electron chi connectivity index (χ2n) is 7.56. The van der Waals surface area contributed by atoms with Crippen LogP contribution in [0.2, 0.25) is 0 Å². The number of carboxylic acid groups (broad SMARTS) is 1. The van der Waals surface area contributed by atoms with Crippen LogP contribution >= 0.6 is 0 Å². The monoisotopic (exact) mass is 367 g/mol. The van der Waals surface area contributed by atoms with Gasteiger partial charge in [0.15, 0.2) is 0 Å². The molecule has 0 radical (unpaired) electrons. The number of carboxylic acids is 1. The Bertz CT molecular complexity index is 688. The smallest absolute Gasteiger partial charge is 0.320 e. The summed E-state index contributed by atoms with van der Waals surface area (Å²) >= 11 is 0. The number of ether oxygens (including phenoxy) is 1. The van der Waals surface area contributed by atoms with Crippen LogP contribution < -0.4 is 9.64 Å². The predicted molar refractivity (Wildman–Crippen MR) is 90.7 cm³/mol. The van der Waals surface area contributed by atoms with Gasteiger partial charge in [-0.25, -0.2) is 13.8 Å². The fourth-order valence-electron chi connectivity index (χ4n) is 3.57. The zero-order valence-corrected chi connectivity index (χ0v) is 14.5. The van der Waals surface area contributed by atoms with Crippen LogP contribution in [-0.2, 0) is 11.3 Å². The maximum atomic E-state index is 13.2. The first-order valence-corrected chi connectivity index (χ1v) is 9.14. The Hall–Kier alpha value is -1.96. The number of hydrogen-bond donors (Lipinski definition) is 1. The molecule has 0 bridgehead atoms. The number of pyridine rings is 1. The molecule has 1 N–H and O–H groups in total. The van der Waals surface area contributed by atoms with E-state index in [0.717, 1.165) is 25.8 Å². The molecule has 3 fully saturated rings. The number of carbonyl (C=O) groups is 1. The van der Waals surface area contributed by atoms with Crippen molar-refractivity contribution in [3.8, 4) is 5.88 Å². The minimum Gasteiger partial charge on any atom is -0.480 e. The molecule has 6 nitrogen and oxygen atoms in total. The van der Waals surface area contributed by atoms with Crippen molar-refractivity contribution >= 4 is 11.7 Å². The van der Waals surface area contributed by atoms with Gasteiger partial charge in [0.2, 0.25) is 5.88 Å². The lowest BCUT2D eigenvalue weighted by Gasteiger charge is -2.40. The Morgan fingerprint density at radius 3 is 2.73 bits per heavy atom. The molecule has 8 heteroatoms. The summed E-state index contributed by atoms with van der Waals surface area (Å²) in [5.41, 5.74) is 1.30. The normalized spacial score (nSPS) is 25.2. The van der Waals surface area contributed by atoms with E-state index in [-0.39, 0.29) is 13.1 Å². The molecule has 1 aromatic heterocycles. The molecule has 2 saturated heterocycles. The highest BCUT2D eigenvalue weighted by Gasteiger charge is 2.45. The van der Waals surface area contributed by atoms with E-state index in [1.165, 1.54) is 0 Å². The topological polar surface area (TPSA) is 65.9 Å². The van der Waals surface area contributed by atoms with Crippen molar-refractivity contribution in [2.45, 2.75) is 44.2 Å². The molecule has 1 atom stereocenters. The summed E-state index contributed by atoms with van der Waals surface area (Å²) in [6.45, 7) is 1.06. The van der Waals surface area contributed by atoms with Crippen molar-refractivity contribution in [2.24, 2.45) is 5.92 Å². The van der Waals surface area contributed by atoms with Crippen molar-refractivity contribution in [3.05, 3.63) is 17.8 Å². The highest BCUT2D eigenvalue weighted by molar-refractivity contribution is 5.73. The molecule has 1 aromatic rings. The second kappa shape index (κ2) is 6.64. The molecule has 4 rings (SSSR count). The van der Waals surface area contributed by atoms with Gasteiger partial charge in [0, 0.05) is 6.54 Å². The van der Waals surface area contributed by atoms with E-state index >= 15 is 0 Å². The molecule has 0 aromatic carbocycles. The zero-order chi connectivity index (χ0) is 18.3. The van der Waals surface area contributed by atoms with Gasteiger partial charge in [0.25, 0.3) is 5.92 Å². The maximum absolute atomic E-state index is 13.2. The lowest BCUT2D eigenvalue weighted by molar-refractivity contribution is -0.142. The molecule has 3 heterocycles. The molecular weight excluding hydrogens is 344 g/mol. The van der Waals surface area contributed by atoms with Gasteiger partial charge in [0.1, 0.15) is 11.7 Å². The van der Waals surface area contributed by atoms with Gasteiger partial charge < -0.3 is 14.7 Å². The minimum atomic E-state index is -2.66. The molecule has 26 heavy (non-hydrogen) atoms. The SMILES string of the molecule is O=C(O)C1CCCN1Cc1ccc(N2CC(F)(F)C2)c(OCC2CC2)n1. The highest BCUT2D eigenvalue weighted by atomic mass is 19.3. The van der Waals surface area contributed by atoms with Crippen LogP contribution in [0.3, 0.4) is 0 Å². The summed E-state index contributed by atoms with van der Waals surface area (Å²) in [5, 5.41) is 9.31. The first-order chi connectivity index (χ1) is 12.4. The van der Waals surface area contributed by atoms with Gasteiger partial charge in [-0.05, 0) is 50.3 Å². The number of likely N-dealkylation sites (tertiary alicyclic amines) is 1. The fraction of sp³-hybridized carbons (Fsp3) is 0.667. The number of rotatable bonds is 7. The number of anilines is 1. The Morgan fingerprint density at radius 1 is 1.31 bits per heavy atom.